The molecule has 0 aliphatic carbocycles. The maximum Gasteiger partial charge on any atom is 0.339 e. The van der Waals surface area contributed by atoms with Crippen molar-refractivity contribution < 1.29 is 19.7 Å². The largest absolute Gasteiger partial charge is 0.478 e. The minimum absolute atomic E-state index is 0.0787. The fourth-order valence-electron chi connectivity index (χ4n) is 2.07. The molecule has 1 aromatic rings. The summed E-state index contributed by atoms with van der Waals surface area (Å²) in [6.45, 7) is 3.16. The molecule has 0 aromatic carbocycles. The maximum absolute atomic E-state index is 11.3. The summed E-state index contributed by atoms with van der Waals surface area (Å²) < 4.78 is 5.34. The molecule has 0 saturated carbocycles. The van der Waals surface area contributed by atoms with Crippen LogP contribution in [0.25, 0.3) is 0 Å². The van der Waals surface area contributed by atoms with Gasteiger partial charge in [-0.1, -0.05) is 0 Å². The summed E-state index contributed by atoms with van der Waals surface area (Å²) in [6.07, 6.45) is 1.31. The van der Waals surface area contributed by atoms with Crippen LogP contribution in [0, 0.1) is 6.92 Å². The Labute approximate surface area is 105 Å². The summed E-state index contributed by atoms with van der Waals surface area (Å²) >= 11 is 0. The van der Waals surface area contributed by atoms with Gasteiger partial charge in [-0.2, -0.15) is 0 Å². The zero-order chi connectivity index (χ0) is 13.1. The van der Waals surface area contributed by atoms with Gasteiger partial charge in [0.1, 0.15) is 11.4 Å². The second kappa shape index (κ2) is 5.32. The molecule has 6 nitrogen and oxygen atoms in total. The molecule has 2 heterocycles. The van der Waals surface area contributed by atoms with Crippen LogP contribution in [0.1, 0.15) is 15.9 Å². The third kappa shape index (κ3) is 2.44. The van der Waals surface area contributed by atoms with Crippen LogP contribution in [0.5, 0.6) is 0 Å². The molecule has 1 aliphatic rings. The highest BCUT2D eigenvalue weighted by Gasteiger charge is 2.25. The van der Waals surface area contributed by atoms with Crippen molar-refractivity contribution in [3.63, 3.8) is 0 Å². The van der Waals surface area contributed by atoms with Gasteiger partial charge in [0, 0.05) is 19.3 Å². The Bertz CT molecular complexity index is 450. The van der Waals surface area contributed by atoms with Crippen molar-refractivity contribution in [2.24, 2.45) is 0 Å². The molecule has 1 atom stereocenters. The van der Waals surface area contributed by atoms with E-state index in [1.54, 1.807) is 19.2 Å². The fourth-order valence-corrected chi connectivity index (χ4v) is 2.07. The molecule has 0 radical (unpaired) electrons. The maximum atomic E-state index is 11.3. The van der Waals surface area contributed by atoms with E-state index in [9.17, 15) is 9.90 Å². The van der Waals surface area contributed by atoms with Crippen molar-refractivity contribution in [1.82, 2.24) is 4.98 Å². The number of carboxylic acids is 1. The number of hydrogen-bond donors (Lipinski definition) is 2. The summed E-state index contributed by atoms with van der Waals surface area (Å²) in [7, 11) is 0. The summed E-state index contributed by atoms with van der Waals surface area (Å²) in [5, 5.41) is 18.4. The Kier molecular flexibility index (Phi) is 3.78. The first kappa shape index (κ1) is 12.8. The highest BCUT2D eigenvalue weighted by Crippen LogP contribution is 2.22. The summed E-state index contributed by atoms with van der Waals surface area (Å²) in [5.41, 5.74) is 0.899. The lowest BCUT2D eigenvalue weighted by molar-refractivity contribution is 0.00328. The van der Waals surface area contributed by atoms with E-state index in [-0.39, 0.29) is 18.3 Å². The zero-order valence-electron chi connectivity index (χ0n) is 10.2. The molecule has 1 fully saturated rings. The lowest BCUT2D eigenvalue weighted by Gasteiger charge is -2.33. The van der Waals surface area contributed by atoms with E-state index in [2.05, 4.69) is 4.98 Å². The van der Waals surface area contributed by atoms with Gasteiger partial charge in [-0.05, 0) is 18.6 Å². The number of ether oxygens (including phenoxy) is 1. The summed E-state index contributed by atoms with van der Waals surface area (Å²) in [6, 6.07) is 1.68. The van der Waals surface area contributed by atoms with Gasteiger partial charge in [0.2, 0.25) is 0 Å². The number of aromatic nitrogens is 1. The minimum atomic E-state index is -0.984. The van der Waals surface area contributed by atoms with Gasteiger partial charge in [-0.25, -0.2) is 9.78 Å². The first-order valence-corrected chi connectivity index (χ1v) is 5.79. The molecule has 0 spiro atoms. The summed E-state index contributed by atoms with van der Waals surface area (Å²) in [5.74, 6) is -0.535. The van der Waals surface area contributed by atoms with Gasteiger partial charge < -0.3 is 19.8 Å². The Balaban J connectivity index is 2.32. The van der Waals surface area contributed by atoms with E-state index in [0.717, 1.165) is 0 Å². The van der Waals surface area contributed by atoms with E-state index >= 15 is 0 Å². The van der Waals surface area contributed by atoms with E-state index in [1.165, 1.54) is 0 Å². The first-order chi connectivity index (χ1) is 8.63. The predicted octanol–water partition coefficient (Wildman–Crippen LogP) is 0.286. The van der Waals surface area contributed by atoms with Crippen LogP contribution in [-0.4, -0.2) is 53.6 Å². The highest BCUT2D eigenvalue weighted by atomic mass is 16.5. The van der Waals surface area contributed by atoms with Crippen molar-refractivity contribution in [3.8, 4) is 0 Å². The Morgan fingerprint density at radius 2 is 2.44 bits per heavy atom. The number of aromatic carboxylic acids is 1. The van der Waals surface area contributed by atoms with Crippen molar-refractivity contribution in [2.45, 2.75) is 13.0 Å². The number of aliphatic hydroxyl groups excluding tert-OH is 1. The molecule has 0 unspecified atom stereocenters. The summed E-state index contributed by atoms with van der Waals surface area (Å²) in [4.78, 5) is 17.3. The molecule has 0 bridgehead atoms. The third-order valence-corrected chi connectivity index (χ3v) is 3.00. The minimum Gasteiger partial charge on any atom is -0.478 e. The number of aryl methyl sites for hydroxylation is 1. The Morgan fingerprint density at radius 3 is 3.11 bits per heavy atom. The fraction of sp³-hybridized carbons (Fsp3) is 0.500. The molecule has 18 heavy (non-hydrogen) atoms. The van der Waals surface area contributed by atoms with Crippen LogP contribution in [0.4, 0.5) is 5.82 Å². The molecule has 1 aromatic heterocycles. The molecule has 2 N–H and O–H groups in total. The molecule has 98 valence electrons. The lowest BCUT2D eigenvalue weighted by Crippen LogP contribution is -2.45. The quantitative estimate of drug-likeness (QED) is 0.804. The van der Waals surface area contributed by atoms with Crippen molar-refractivity contribution in [2.75, 3.05) is 31.2 Å². The lowest BCUT2D eigenvalue weighted by atomic mass is 10.1. The number of rotatable bonds is 3. The predicted molar refractivity (Wildman–Crippen MR) is 65.0 cm³/mol. The number of nitrogens with zero attached hydrogens (tertiary/aromatic N) is 2. The van der Waals surface area contributed by atoms with E-state index in [1.807, 2.05) is 4.90 Å². The van der Waals surface area contributed by atoms with Crippen molar-refractivity contribution in [3.05, 3.63) is 23.4 Å². The SMILES string of the molecule is Cc1ccnc(N2CCO[C@@H](CO)C2)c1C(=O)O. The van der Waals surface area contributed by atoms with Gasteiger partial charge in [-0.15, -0.1) is 0 Å². The van der Waals surface area contributed by atoms with Crippen molar-refractivity contribution >= 4 is 11.8 Å². The number of morpholine rings is 1. The molecule has 2 rings (SSSR count). The standard InChI is InChI=1S/C12H16N2O4/c1-8-2-3-13-11(10(8)12(16)17)14-4-5-18-9(6-14)7-15/h2-3,9,15H,4-7H2,1H3,(H,16,17)/t9-/m1/s1. The van der Waals surface area contributed by atoms with E-state index in [4.69, 9.17) is 9.84 Å². The van der Waals surface area contributed by atoms with E-state index < -0.39 is 5.97 Å². The van der Waals surface area contributed by atoms with Crippen LogP contribution in [0.3, 0.4) is 0 Å². The van der Waals surface area contributed by atoms with Crippen LogP contribution in [0.15, 0.2) is 12.3 Å². The van der Waals surface area contributed by atoms with Crippen LogP contribution in [-0.2, 0) is 4.74 Å². The highest BCUT2D eigenvalue weighted by molar-refractivity contribution is 5.95. The van der Waals surface area contributed by atoms with Gasteiger partial charge in [0.15, 0.2) is 0 Å². The van der Waals surface area contributed by atoms with Crippen LogP contribution >= 0.6 is 0 Å². The number of carboxylic acid groups (broad SMARTS) is 1. The van der Waals surface area contributed by atoms with Crippen molar-refractivity contribution in [1.29, 1.82) is 0 Å². The number of carbonyl (C=O) groups is 1. The number of hydrogen-bond acceptors (Lipinski definition) is 5. The zero-order valence-corrected chi connectivity index (χ0v) is 10.2. The Morgan fingerprint density at radius 1 is 1.67 bits per heavy atom. The van der Waals surface area contributed by atoms with Gasteiger partial charge in [-0.3, -0.25) is 0 Å². The molecule has 0 amide bonds. The Hall–Kier alpha value is -1.66. The number of aliphatic hydroxyl groups is 1. The molecule has 6 heteroatoms. The average Bonchev–Trinajstić information content (AvgIpc) is 2.38. The smallest absolute Gasteiger partial charge is 0.339 e. The number of pyridine rings is 1. The molecular weight excluding hydrogens is 236 g/mol. The normalized spacial score (nSPS) is 19.9. The monoisotopic (exact) mass is 252 g/mol. The van der Waals surface area contributed by atoms with Crippen LogP contribution in [0.2, 0.25) is 0 Å². The topological polar surface area (TPSA) is 82.9 Å². The number of anilines is 1. The van der Waals surface area contributed by atoms with Gasteiger partial charge >= 0.3 is 5.97 Å². The molecule has 1 saturated heterocycles. The third-order valence-electron chi connectivity index (χ3n) is 3.00. The molecule has 1 aliphatic heterocycles. The van der Waals surface area contributed by atoms with E-state index in [0.29, 0.717) is 31.1 Å². The first-order valence-electron chi connectivity index (χ1n) is 5.79. The van der Waals surface area contributed by atoms with Gasteiger partial charge in [0.05, 0.1) is 19.3 Å². The second-order valence-corrected chi connectivity index (χ2v) is 4.25. The molecular formula is C12H16N2O4. The van der Waals surface area contributed by atoms with Gasteiger partial charge in [0.25, 0.3) is 0 Å². The average molecular weight is 252 g/mol. The van der Waals surface area contributed by atoms with Crippen LogP contribution < -0.4 is 4.90 Å². The second-order valence-electron chi connectivity index (χ2n) is 4.25.